The van der Waals surface area contributed by atoms with E-state index < -0.39 is 0 Å². The first-order chi connectivity index (χ1) is 9.16. The van der Waals surface area contributed by atoms with Gasteiger partial charge in [-0.3, -0.25) is 4.79 Å². The number of pyridine rings is 1. The first kappa shape index (κ1) is 12.2. The van der Waals surface area contributed by atoms with Gasteiger partial charge in [0.1, 0.15) is 5.82 Å². The van der Waals surface area contributed by atoms with E-state index in [0.29, 0.717) is 0 Å². The zero-order valence-electron chi connectivity index (χ0n) is 11.1. The van der Waals surface area contributed by atoms with Crippen LogP contribution in [0.15, 0.2) is 35.1 Å². The molecule has 4 nitrogen and oxygen atoms in total. The summed E-state index contributed by atoms with van der Waals surface area (Å²) in [5.74, 6) is 0.813. The number of anilines is 1. The van der Waals surface area contributed by atoms with E-state index in [1.807, 2.05) is 30.3 Å². The highest BCUT2D eigenvalue weighted by Gasteiger charge is 2.26. The Hall–Kier alpha value is -1.81. The predicted molar refractivity (Wildman–Crippen MR) is 78.7 cm³/mol. The molecule has 0 bridgehead atoms. The van der Waals surface area contributed by atoms with E-state index in [-0.39, 0.29) is 11.1 Å². The van der Waals surface area contributed by atoms with Gasteiger partial charge >= 0.3 is 0 Å². The Labute approximate surface area is 112 Å². The quantitative estimate of drug-likeness (QED) is 0.772. The highest BCUT2D eigenvalue weighted by Crippen LogP contribution is 2.23. The number of rotatable bonds is 2. The van der Waals surface area contributed by atoms with Gasteiger partial charge in [-0.15, -0.1) is 0 Å². The van der Waals surface area contributed by atoms with Crippen molar-refractivity contribution < 1.29 is 0 Å². The van der Waals surface area contributed by atoms with Gasteiger partial charge in [-0.1, -0.05) is 18.2 Å². The molecule has 0 radical (unpaired) electrons. The Bertz CT molecular complexity index is 641. The van der Waals surface area contributed by atoms with Gasteiger partial charge in [0.25, 0.3) is 5.56 Å². The van der Waals surface area contributed by atoms with Crippen LogP contribution in [-0.4, -0.2) is 23.6 Å². The van der Waals surface area contributed by atoms with Gasteiger partial charge in [-0.05, 0) is 50.4 Å². The minimum atomic E-state index is -0.0295. The highest BCUT2D eigenvalue weighted by molar-refractivity contribution is 5.83. The normalized spacial score (nSPS) is 18.4. The van der Waals surface area contributed by atoms with Crippen molar-refractivity contribution in [3.8, 4) is 0 Å². The maximum Gasteiger partial charge on any atom is 0.257 e. The lowest BCUT2D eigenvalue weighted by molar-refractivity contribution is 0.364. The highest BCUT2D eigenvalue weighted by atomic mass is 16.1. The van der Waals surface area contributed by atoms with Crippen LogP contribution in [0.4, 0.5) is 5.82 Å². The molecule has 0 unspecified atom stereocenters. The average Bonchev–Trinajstić information content (AvgIpc) is 2.39. The fourth-order valence-electron chi connectivity index (χ4n) is 2.71. The molecule has 1 saturated heterocycles. The third-order valence-corrected chi connectivity index (χ3v) is 3.90. The maximum atomic E-state index is 12.0. The summed E-state index contributed by atoms with van der Waals surface area (Å²) in [6.07, 6.45) is 2.11. The maximum absolute atomic E-state index is 12.0. The minimum absolute atomic E-state index is 0.0295. The third-order valence-electron chi connectivity index (χ3n) is 3.90. The van der Waals surface area contributed by atoms with Gasteiger partial charge in [-0.2, -0.15) is 0 Å². The molecule has 0 amide bonds. The fourth-order valence-corrected chi connectivity index (χ4v) is 2.71. The Morgan fingerprint density at radius 3 is 2.74 bits per heavy atom. The van der Waals surface area contributed by atoms with Crippen molar-refractivity contribution in [3.05, 3.63) is 40.7 Å². The molecule has 4 heteroatoms. The molecular weight excluding hydrogens is 238 g/mol. The van der Waals surface area contributed by atoms with E-state index in [9.17, 15) is 4.79 Å². The number of piperidine rings is 1. The van der Waals surface area contributed by atoms with Gasteiger partial charge in [0.05, 0.1) is 0 Å². The molecule has 2 heterocycles. The van der Waals surface area contributed by atoms with Crippen LogP contribution in [0.1, 0.15) is 19.8 Å². The molecule has 2 aromatic rings. The lowest BCUT2D eigenvalue weighted by Gasteiger charge is -2.35. The first-order valence-electron chi connectivity index (χ1n) is 6.77. The Morgan fingerprint density at radius 2 is 1.95 bits per heavy atom. The zero-order valence-corrected chi connectivity index (χ0v) is 11.1. The molecule has 0 atom stereocenters. The van der Waals surface area contributed by atoms with Gasteiger partial charge < -0.3 is 15.6 Å². The first-order valence-corrected chi connectivity index (χ1v) is 6.77. The van der Waals surface area contributed by atoms with E-state index in [4.69, 9.17) is 0 Å². The molecule has 19 heavy (non-hydrogen) atoms. The molecule has 0 aliphatic carbocycles. The minimum Gasteiger partial charge on any atom is -0.366 e. The molecule has 0 spiro atoms. The Morgan fingerprint density at radius 1 is 1.21 bits per heavy atom. The number of hydrogen-bond acceptors (Lipinski definition) is 3. The fraction of sp³-hybridized carbons (Fsp3) is 0.400. The van der Waals surface area contributed by atoms with E-state index in [1.165, 1.54) is 0 Å². The van der Waals surface area contributed by atoms with E-state index in [1.54, 1.807) is 0 Å². The summed E-state index contributed by atoms with van der Waals surface area (Å²) in [6, 6.07) is 9.69. The van der Waals surface area contributed by atoms with Crippen LogP contribution < -0.4 is 16.2 Å². The number of nitrogens with one attached hydrogen (secondary N) is 3. The second-order valence-electron chi connectivity index (χ2n) is 5.54. The molecule has 1 aliphatic heterocycles. The standard InChI is InChI=1S/C15H19N3O/c1-15(6-8-16-9-7-15)18-13-10-11-4-2-3-5-12(11)14(19)17-13/h2-5,10,16H,6-9H2,1H3,(H2,17,18,19). The summed E-state index contributed by atoms with van der Waals surface area (Å²) in [5, 5.41) is 8.57. The predicted octanol–water partition coefficient (Wildman–Crippen LogP) is 2.08. The molecule has 1 aromatic carbocycles. The van der Waals surface area contributed by atoms with E-state index in [2.05, 4.69) is 22.5 Å². The molecule has 0 saturated carbocycles. The van der Waals surface area contributed by atoms with Crippen LogP contribution in [0, 0.1) is 0 Å². The largest absolute Gasteiger partial charge is 0.366 e. The number of fused-ring (bicyclic) bond motifs is 1. The van der Waals surface area contributed by atoms with Crippen LogP contribution >= 0.6 is 0 Å². The van der Waals surface area contributed by atoms with Crippen LogP contribution in [0.3, 0.4) is 0 Å². The Kier molecular flexibility index (Phi) is 3.03. The molecule has 3 N–H and O–H groups in total. The number of aromatic amines is 1. The van der Waals surface area contributed by atoms with Gasteiger partial charge in [-0.25, -0.2) is 0 Å². The lowest BCUT2D eigenvalue weighted by Crippen LogP contribution is -2.45. The van der Waals surface area contributed by atoms with E-state index in [0.717, 1.165) is 42.5 Å². The molecule has 1 fully saturated rings. The summed E-state index contributed by atoms with van der Waals surface area (Å²) in [6.45, 7) is 4.24. The smallest absolute Gasteiger partial charge is 0.257 e. The van der Waals surface area contributed by atoms with Gasteiger partial charge in [0, 0.05) is 10.9 Å². The van der Waals surface area contributed by atoms with Crippen molar-refractivity contribution in [1.29, 1.82) is 0 Å². The topological polar surface area (TPSA) is 56.9 Å². The summed E-state index contributed by atoms with van der Waals surface area (Å²) in [7, 11) is 0. The van der Waals surface area contributed by atoms with E-state index >= 15 is 0 Å². The van der Waals surface area contributed by atoms with Crippen LogP contribution in [0.25, 0.3) is 10.8 Å². The van der Waals surface area contributed by atoms with Gasteiger partial charge in [0.15, 0.2) is 0 Å². The van der Waals surface area contributed by atoms with Crippen molar-refractivity contribution in [2.45, 2.75) is 25.3 Å². The third kappa shape index (κ3) is 2.49. The second kappa shape index (κ2) is 4.70. The summed E-state index contributed by atoms with van der Waals surface area (Å²) < 4.78 is 0. The number of hydrogen-bond donors (Lipinski definition) is 3. The van der Waals surface area contributed by atoms with Crippen molar-refractivity contribution >= 4 is 16.6 Å². The van der Waals surface area contributed by atoms with Crippen molar-refractivity contribution in [1.82, 2.24) is 10.3 Å². The van der Waals surface area contributed by atoms with Crippen molar-refractivity contribution in [2.75, 3.05) is 18.4 Å². The monoisotopic (exact) mass is 257 g/mol. The number of benzene rings is 1. The average molecular weight is 257 g/mol. The summed E-state index contributed by atoms with van der Waals surface area (Å²) in [4.78, 5) is 15.0. The lowest BCUT2D eigenvalue weighted by atomic mass is 9.90. The Balaban J connectivity index is 1.95. The molecule has 1 aromatic heterocycles. The van der Waals surface area contributed by atoms with Crippen molar-refractivity contribution in [3.63, 3.8) is 0 Å². The molecular formula is C15H19N3O. The number of aromatic nitrogens is 1. The van der Waals surface area contributed by atoms with Gasteiger partial charge in [0.2, 0.25) is 0 Å². The second-order valence-corrected chi connectivity index (χ2v) is 5.54. The zero-order chi connectivity index (χ0) is 13.3. The molecule has 1 aliphatic rings. The van der Waals surface area contributed by atoms with Crippen LogP contribution in [0.2, 0.25) is 0 Å². The molecule has 3 rings (SSSR count). The van der Waals surface area contributed by atoms with Crippen molar-refractivity contribution in [2.24, 2.45) is 0 Å². The SMILES string of the molecule is CC1(Nc2cc3ccccc3c(=O)[nH]2)CCNCC1. The van der Waals surface area contributed by atoms with Crippen LogP contribution in [0.5, 0.6) is 0 Å². The number of H-pyrrole nitrogens is 1. The summed E-state index contributed by atoms with van der Waals surface area (Å²) in [5.41, 5.74) is 0.0227. The van der Waals surface area contributed by atoms with Crippen LogP contribution in [-0.2, 0) is 0 Å². The molecule has 100 valence electrons. The summed E-state index contributed by atoms with van der Waals surface area (Å²) >= 11 is 0.